The zero-order valence-corrected chi connectivity index (χ0v) is 23.4. The summed E-state index contributed by atoms with van der Waals surface area (Å²) >= 11 is 0. The van der Waals surface area contributed by atoms with Gasteiger partial charge in [-0.1, -0.05) is 110 Å². The average Bonchev–Trinajstić information content (AvgIpc) is 2.84. The van der Waals surface area contributed by atoms with Crippen molar-refractivity contribution in [3.8, 4) is 0 Å². The number of ether oxygens (including phenoxy) is 2. The largest absolute Gasteiger partial charge is 0.445 e. The summed E-state index contributed by atoms with van der Waals surface area (Å²) in [6.07, 6.45) is 0.951. The smallest absolute Gasteiger partial charge is 0.407 e. The fourth-order valence-electron chi connectivity index (χ4n) is 3.60. The van der Waals surface area contributed by atoms with Crippen LogP contribution in [0.15, 0.2) is 60.7 Å². The number of rotatable bonds is 15. The Bertz CT molecular complexity index is 808. The number of hydrogen-bond acceptors (Lipinski definition) is 6. The molecule has 2 aromatic carbocycles. The maximum atomic E-state index is 12.3. The number of carbonyl (C=O) groups excluding carboxylic acids is 2. The number of carbonyl (C=O) groups is 2. The van der Waals surface area contributed by atoms with Crippen LogP contribution in [0, 0.1) is 11.8 Å². The molecule has 2 N–H and O–H groups in total. The van der Waals surface area contributed by atoms with Crippen LogP contribution in [0.5, 0.6) is 0 Å². The van der Waals surface area contributed by atoms with Gasteiger partial charge in [0.25, 0.3) is 0 Å². The predicted octanol–water partition coefficient (Wildman–Crippen LogP) is 7.05. The number of alkyl carbamates (subject to hydrolysis) is 2. The molecule has 0 aliphatic carbocycles. The van der Waals surface area contributed by atoms with Crippen LogP contribution < -0.4 is 10.6 Å². The van der Waals surface area contributed by atoms with Crippen molar-refractivity contribution in [3.63, 3.8) is 0 Å². The number of benzene rings is 2. The van der Waals surface area contributed by atoms with E-state index in [1.807, 2.05) is 60.7 Å². The first-order valence-electron chi connectivity index (χ1n) is 12.5. The molecular formula is C28H40N2O4S2. The molecular weight excluding hydrogens is 492 g/mol. The number of hydrogen-bond donors (Lipinski definition) is 2. The second-order valence-corrected chi connectivity index (χ2v) is 12.2. The van der Waals surface area contributed by atoms with E-state index >= 15 is 0 Å². The van der Waals surface area contributed by atoms with Gasteiger partial charge in [0.05, 0.1) is 0 Å². The highest BCUT2D eigenvalue weighted by molar-refractivity contribution is 8.76. The molecule has 0 saturated heterocycles. The lowest BCUT2D eigenvalue weighted by atomic mass is 10.1. The van der Waals surface area contributed by atoms with E-state index in [0.717, 1.165) is 35.5 Å². The van der Waals surface area contributed by atoms with E-state index in [1.54, 1.807) is 21.6 Å². The highest BCUT2D eigenvalue weighted by Gasteiger charge is 2.18. The third-order valence-corrected chi connectivity index (χ3v) is 7.76. The van der Waals surface area contributed by atoms with Crippen molar-refractivity contribution in [2.24, 2.45) is 11.8 Å². The summed E-state index contributed by atoms with van der Waals surface area (Å²) in [5.41, 5.74) is 1.92. The minimum atomic E-state index is -0.393. The molecule has 0 bridgehead atoms. The Morgan fingerprint density at radius 2 is 1.03 bits per heavy atom. The van der Waals surface area contributed by atoms with Crippen molar-refractivity contribution in [2.75, 3.05) is 11.5 Å². The van der Waals surface area contributed by atoms with E-state index in [9.17, 15) is 9.59 Å². The van der Waals surface area contributed by atoms with Gasteiger partial charge < -0.3 is 20.1 Å². The molecule has 0 spiro atoms. The first-order chi connectivity index (χ1) is 17.3. The SMILES string of the molecule is CC(C)C[C@H](CSSC[C@@H](CC(C)C)NC(=O)OCc1ccccc1)NC(=O)OCc1ccccc1. The number of amides is 2. The van der Waals surface area contributed by atoms with Gasteiger partial charge in [0.2, 0.25) is 0 Å². The summed E-state index contributed by atoms with van der Waals surface area (Å²) in [5.74, 6) is 2.42. The summed E-state index contributed by atoms with van der Waals surface area (Å²) in [6, 6.07) is 19.3. The Balaban J connectivity index is 1.75. The van der Waals surface area contributed by atoms with Crippen molar-refractivity contribution in [1.29, 1.82) is 0 Å². The van der Waals surface area contributed by atoms with Crippen LogP contribution in [0.2, 0.25) is 0 Å². The summed E-state index contributed by atoms with van der Waals surface area (Å²) in [7, 11) is 3.41. The van der Waals surface area contributed by atoms with Gasteiger partial charge in [-0.05, 0) is 35.8 Å². The van der Waals surface area contributed by atoms with Gasteiger partial charge >= 0.3 is 12.2 Å². The van der Waals surface area contributed by atoms with E-state index in [1.165, 1.54) is 0 Å². The fraction of sp³-hybridized carbons (Fsp3) is 0.500. The second-order valence-electron chi connectivity index (χ2n) is 9.63. The van der Waals surface area contributed by atoms with Crippen molar-refractivity contribution >= 4 is 33.8 Å². The zero-order chi connectivity index (χ0) is 26.2. The molecule has 2 amide bonds. The minimum Gasteiger partial charge on any atom is -0.445 e. The van der Waals surface area contributed by atoms with Crippen LogP contribution in [-0.2, 0) is 22.7 Å². The average molecular weight is 533 g/mol. The van der Waals surface area contributed by atoms with E-state index in [0.29, 0.717) is 11.8 Å². The quantitative estimate of drug-likeness (QED) is 0.189. The van der Waals surface area contributed by atoms with E-state index in [4.69, 9.17) is 9.47 Å². The van der Waals surface area contributed by atoms with Gasteiger partial charge in [0, 0.05) is 23.6 Å². The summed E-state index contributed by atoms with van der Waals surface area (Å²) in [4.78, 5) is 24.7. The Morgan fingerprint density at radius 3 is 1.36 bits per heavy atom. The Hall–Kier alpha value is -2.32. The summed E-state index contributed by atoms with van der Waals surface area (Å²) < 4.78 is 10.8. The molecule has 0 fully saturated rings. The van der Waals surface area contributed by atoms with Gasteiger partial charge in [-0.15, -0.1) is 0 Å². The van der Waals surface area contributed by atoms with Gasteiger partial charge in [-0.3, -0.25) is 0 Å². The molecule has 2 rings (SSSR count). The Kier molecular flexibility index (Phi) is 14.3. The van der Waals surface area contributed by atoms with Crippen LogP contribution >= 0.6 is 21.6 Å². The van der Waals surface area contributed by atoms with Gasteiger partial charge in [-0.25, -0.2) is 9.59 Å². The topological polar surface area (TPSA) is 76.7 Å². The molecule has 2 atom stereocenters. The molecule has 0 unspecified atom stereocenters. The van der Waals surface area contributed by atoms with Gasteiger partial charge in [0.15, 0.2) is 0 Å². The molecule has 0 aromatic heterocycles. The van der Waals surface area contributed by atoms with Crippen LogP contribution in [0.1, 0.15) is 51.7 Å². The summed E-state index contributed by atoms with van der Waals surface area (Å²) in [6.45, 7) is 9.09. The Morgan fingerprint density at radius 1 is 0.667 bits per heavy atom. The molecule has 0 heterocycles. The van der Waals surface area contributed by atoms with E-state index < -0.39 is 12.2 Å². The summed E-state index contributed by atoms with van der Waals surface area (Å²) in [5, 5.41) is 6.04. The fourth-order valence-corrected chi connectivity index (χ4v) is 6.12. The van der Waals surface area contributed by atoms with Crippen LogP contribution in [-0.4, -0.2) is 35.8 Å². The Labute approximate surface area is 224 Å². The molecule has 0 aliphatic heterocycles. The normalized spacial score (nSPS) is 12.7. The molecule has 6 nitrogen and oxygen atoms in total. The van der Waals surface area contributed by atoms with Crippen LogP contribution in [0.3, 0.4) is 0 Å². The maximum Gasteiger partial charge on any atom is 0.407 e. The van der Waals surface area contributed by atoms with E-state index in [-0.39, 0.29) is 25.3 Å². The maximum absolute atomic E-state index is 12.3. The van der Waals surface area contributed by atoms with Crippen molar-refractivity contribution in [3.05, 3.63) is 71.8 Å². The highest BCUT2D eigenvalue weighted by atomic mass is 33.1. The molecule has 0 radical (unpaired) electrons. The van der Waals surface area contributed by atoms with Crippen molar-refractivity contribution in [1.82, 2.24) is 10.6 Å². The first-order valence-corrected chi connectivity index (χ1v) is 15.0. The van der Waals surface area contributed by atoms with Crippen LogP contribution in [0.25, 0.3) is 0 Å². The lowest BCUT2D eigenvalue weighted by Gasteiger charge is -2.22. The lowest BCUT2D eigenvalue weighted by molar-refractivity contribution is 0.134. The predicted molar refractivity (Wildman–Crippen MR) is 151 cm³/mol. The zero-order valence-electron chi connectivity index (χ0n) is 21.8. The molecule has 0 aliphatic rings. The third kappa shape index (κ3) is 13.7. The molecule has 0 saturated carbocycles. The van der Waals surface area contributed by atoms with Gasteiger partial charge in [-0.2, -0.15) is 0 Å². The van der Waals surface area contributed by atoms with Crippen LogP contribution in [0.4, 0.5) is 9.59 Å². The van der Waals surface area contributed by atoms with Crippen molar-refractivity contribution < 1.29 is 19.1 Å². The minimum absolute atomic E-state index is 0.0121. The molecule has 2 aromatic rings. The van der Waals surface area contributed by atoms with Gasteiger partial charge in [0.1, 0.15) is 13.2 Å². The first kappa shape index (κ1) is 29.9. The second kappa shape index (κ2) is 17.2. The van der Waals surface area contributed by atoms with E-state index in [2.05, 4.69) is 38.3 Å². The molecule has 198 valence electrons. The lowest BCUT2D eigenvalue weighted by Crippen LogP contribution is -2.38. The standard InChI is InChI=1S/C28H40N2O4S2/c1-21(2)15-25(29-27(31)33-17-23-11-7-5-8-12-23)19-35-36-20-26(16-22(3)4)30-28(32)34-18-24-13-9-6-10-14-24/h5-14,21-22,25-26H,15-20H2,1-4H3,(H,29,31)(H,30,32)/t25-,26-/m1/s1. The number of nitrogens with one attached hydrogen (secondary N) is 2. The monoisotopic (exact) mass is 532 g/mol. The molecule has 36 heavy (non-hydrogen) atoms. The highest BCUT2D eigenvalue weighted by Crippen LogP contribution is 2.26. The third-order valence-electron chi connectivity index (χ3n) is 5.20. The van der Waals surface area contributed by atoms with Crippen molar-refractivity contribution in [2.45, 2.75) is 65.8 Å². The molecule has 8 heteroatoms.